The topological polar surface area (TPSA) is 128 Å². The van der Waals surface area contributed by atoms with Crippen LogP contribution >= 0.6 is 0 Å². The van der Waals surface area contributed by atoms with E-state index >= 15 is 0 Å². The average molecular weight is 379 g/mol. The summed E-state index contributed by atoms with van der Waals surface area (Å²) in [6.07, 6.45) is 0. The number of carbonyl (C=O) groups is 1. The molecule has 2 N–H and O–H groups in total. The van der Waals surface area contributed by atoms with E-state index in [1.54, 1.807) is 0 Å². The van der Waals surface area contributed by atoms with E-state index in [2.05, 4.69) is 10.0 Å². The molecule has 1 amide bonds. The summed E-state index contributed by atoms with van der Waals surface area (Å²) in [6.45, 7) is -0.0962. The van der Waals surface area contributed by atoms with E-state index in [4.69, 9.17) is 4.74 Å². The summed E-state index contributed by atoms with van der Waals surface area (Å²) in [6, 6.07) is 11.3. The number of para-hydroxylation sites is 1. The van der Waals surface area contributed by atoms with E-state index < -0.39 is 20.9 Å². The Balaban J connectivity index is 1.91. The van der Waals surface area contributed by atoms with Crippen LogP contribution < -0.4 is 14.8 Å². The van der Waals surface area contributed by atoms with Gasteiger partial charge in [-0.1, -0.05) is 12.1 Å². The molecular weight excluding hydrogens is 362 g/mol. The number of amides is 1. The Labute approximate surface area is 150 Å². The highest BCUT2D eigenvalue weighted by Crippen LogP contribution is 2.17. The number of nitro benzene ring substituents is 1. The van der Waals surface area contributed by atoms with Crippen molar-refractivity contribution in [1.82, 2.24) is 10.0 Å². The number of rotatable bonds is 8. The number of hydrogen-bond donors (Lipinski definition) is 2. The quantitative estimate of drug-likeness (QED) is 0.404. The van der Waals surface area contributed by atoms with Crippen LogP contribution in [0.15, 0.2) is 53.4 Å². The number of carbonyl (C=O) groups excluding carboxylic acids is 1. The molecule has 0 bridgehead atoms. The van der Waals surface area contributed by atoms with Gasteiger partial charge in [-0.2, -0.15) is 0 Å². The maximum absolute atomic E-state index is 12.1. The fraction of sp³-hybridized carbons (Fsp3) is 0.188. The first-order valence-corrected chi connectivity index (χ1v) is 8.99. The zero-order chi connectivity index (χ0) is 19.2. The second-order valence-corrected chi connectivity index (χ2v) is 6.87. The van der Waals surface area contributed by atoms with Crippen LogP contribution in [0, 0.1) is 10.1 Å². The van der Waals surface area contributed by atoms with E-state index in [0.717, 1.165) is 0 Å². The van der Waals surface area contributed by atoms with Crippen molar-refractivity contribution in [3.8, 4) is 5.75 Å². The molecular formula is C16H17N3O6S. The molecule has 0 heterocycles. The minimum absolute atomic E-state index is 0.0275. The third-order valence-corrected chi connectivity index (χ3v) is 4.89. The Kier molecular flexibility index (Phi) is 6.26. The maximum Gasteiger partial charge on any atom is 0.282 e. The number of ether oxygens (including phenoxy) is 1. The molecule has 0 radical (unpaired) electrons. The lowest BCUT2D eigenvalue weighted by atomic mass is 10.1. The number of nitrogens with zero attached hydrogens (tertiary/aromatic N) is 1. The molecule has 10 heteroatoms. The van der Waals surface area contributed by atoms with Crippen molar-refractivity contribution in [2.24, 2.45) is 0 Å². The van der Waals surface area contributed by atoms with Crippen molar-refractivity contribution in [2.75, 3.05) is 20.2 Å². The van der Waals surface area contributed by atoms with Crippen molar-refractivity contribution >= 4 is 21.6 Å². The molecule has 2 rings (SSSR count). The van der Waals surface area contributed by atoms with Gasteiger partial charge in [0.1, 0.15) is 11.3 Å². The summed E-state index contributed by atoms with van der Waals surface area (Å²) < 4.78 is 31.6. The van der Waals surface area contributed by atoms with E-state index in [1.165, 1.54) is 55.6 Å². The third kappa shape index (κ3) is 4.77. The van der Waals surface area contributed by atoms with Gasteiger partial charge in [0.05, 0.1) is 16.9 Å². The highest BCUT2D eigenvalue weighted by molar-refractivity contribution is 7.89. The summed E-state index contributed by atoms with van der Waals surface area (Å²) >= 11 is 0. The maximum atomic E-state index is 12.1. The molecule has 0 unspecified atom stereocenters. The first-order valence-electron chi connectivity index (χ1n) is 7.50. The van der Waals surface area contributed by atoms with Crippen molar-refractivity contribution in [2.45, 2.75) is 4.90 Å². The molecule has 138 valence electrons. The van der Waals surface area contributed by atoms with Gasteiger partial charge in [0.25, 0.3) is 11.6 Å². The molecule has 0 saturated carbocycles. The van der Waals surface area contributed by atoms with Crippen LogP contribution in [0.3, 0.4) is 0 Å². The van der Waals surface area contributed by atoms with Crippen molar-refractivity contribution < 1.29 is 22.9 Å². The van der Waals surface area contributed by atoms with E-state index in [9.17, 15) is 23.3 Å². The highest BCUT2D eigenvalue weighted by atomic mass is 32.2. The molecule has 0 aliphatic rings. The van der Waals surface area contributed by atoms with Gasteiger partial charge in [-0.25, -0.2) is 13.1 Å². The van der Waals surface area contributed by atoms with E-state index in [-0.39, 0.29) is 29.2 Å². The number of nitrogens with one attached hydrogen (secondary N) is 2. The number of hydrogen-bond acceptors (Lipinski definition) is 6. The first-order chi connectivity index (χ1) is 12.3. The van der Waals surface area contributed by atoms with Crippen molar-refractivity contribution in [3.63, 3.8) is 0 Å². The van der Waals surface area contributed by atoms with E-state index in [0.29, 0.717) is 5.75 Å². The molecule has 2 aromatic carbocycles. The van der Waals surface area contributed by atoms with Gasteiger partial charge in [-0.15, -0.1) is 0 Å². The van der Waals surface area contributed by atoms with E-state index in [1.807, 2.05) is 0 Å². The van der Waals surface area contributed by atoms with Gasteiger partial charge in [-0.05, 0) is 30.3 Å². The van der Waals surface area contributed by atoms with Gasteiger partial charge < -0.3 is 10.1 Å². The standard InChI is InChI=1S/C16H17N3O6S/c1-25-12-6-8-13(9-7-12)26(23,24)18-11-10-17-16(20)14-4-2-3-5-15(14)19(21)22/h2-9,18H,10-11H2,1H3,(H,17,20). The molecule has 2 aromatic rings. The monoisotopic (exact) mass is 379 g/mol. The van der Waals surface area contributed by atoms with Crippen LogP contribution in [-0.4, -0.2) is 39.4 Å². The molecule has 0 aliphatic carbocycles. The largest absolute Gasteiger partial charge is 0.497 e. The molecule has 0 saturated heterocycles. The molecule has 26 heavy (non-hydrogen) atoms. The van der Waals surface area contributed by atoms with Crippen LogP contribution in [0.4, 0.5) is 5.69 Å². The Bertz CT molecular complexity index is 896. The molecule has 0 spiro atoms. The normalized spacial score (nSPS) is 11.0. The van der Waals surface area contributed by atoms with Gasteiger partial charge in [-0.3, -0.25) is 14.9 Å². The summed E-state index contributed by atoms with van der Waals surface area (Å²) in [4.78, 5) is 22.4. The lowest BCUT2D eigenvalue weighted by Crippen LogP contribution is -2.34. The Morgan fingerprint density at radius 1 is 1.12 bits per heavy atom. The Hall–Kier alpha value is -2.98. The number of nitro groups is 1. The SMILES string of the molecule is COc1ccc(S(=O)(=O)NCCNC(=O)c2ccccc2[N+](=O)[O-])cc1. The lowest BCUT2D eigenvalue weighted by molar-refractivity contribution is -0.385. The van der Waals surface area contributed by atoms with Gasteiger partial charge in [0.2, 0.25) is 10.0 Å². The smallest absolute Gasteiger partial charge is 0.282 e. The van der Waals surface area contributed by atoms with Gasteiger partial charge in [0, 0.05) is 19.2 Å². The predicted molar refractivity (Wildman–Crippen MR) is 93.6 cm³/mol. The predicted octanol–water partition coefficient (Wildman–Crippen LogP) is 1.31. The number of methoxy groups -OCH3 is 1. The zero-order valence-corrected chi connectivity index (χ0v) is 14.7. The van der Waals surface area contributed by atoms with Crippen LogP contribution in [-0.2, 0) is 10.0 Å². The van der Waals surface area contributed by atoms with Gasteiger partial charge in [0.15, 0.2) is 0 Å². The second kappa shape index (κ2) is 8.41. The lowest BCUT2D eigenvalue weighted by Gasteiger charge is -2.09. The first kappa shape index (κ1) is 19.3. The molecule has 0 fully saturated rings. The summed E-state index contributed by atoms with van der Waals surface area (Å²) in [5, 5.41) is 13.4. The fourth-order valence-electron chi connectivity index (χ4n) is 2.12. The summed E-state index contributed by atoms with van der Waals surface area (Å²) in [7, 11) is -2.26. The molecule has 0 aromatic heterocycles. The minimum atomic E-state index is -3.73. The Morgan fingerprint density at radius 2 is 1.77 bits per heavy atom. The fourth-order valence-corrected chi connectivity index (χ4v) is 3.15. The highest BCUT2D eigenvalue weighted by Gasteiger charge is 2.19. The minimum Gasteiger partial charge on any atom is -0.497 e. The van der Waals surface area contributed by atoms with Crippen LogP contribution in [0.1, 0.15) is 10.4 Å². The zero-order valence-electron chi connectivity index (χ0n) is 13.8. The average Bonchev–Trinajstić information content (AvgIpc) is 2.65. The van der Waals surface area contributed by atoms with Crippen LogP contribution in [0.5, 0.6) is 5.75 Å². The van der Waals surface area contributed by atoms with Crippen molar-refractivity contribution in [3.05, 3.63) is 64.2 Å². The molecule has 0 atom stereocenters. The summed E-state index contributed by atoms with van der Waals surface area (Å²) in [5.74, 6) is -0.124. The van der Waals surface area contributed by atoms with Crippen LogP contribution in [0.25, 0.3) is 0 Å². The van der Waals surface area contributed by atoms with Crippen molar-refractivity contribution in [1.29, 1.82) is 0 Å². The van der Waals surface area contributed by atoms with Gasteiger partial charge >= 0.3 is 0 Å². The third-order valence-electron chi connectivity index (χ3n) is 3.42. The molecule has 0 aliphatic heterocycles. The number of benzene rings is 2. The molecule has 9 nitrogen and oxygen atoms in total. The second-order valence-electron chi connectivity index (χ2n) is 5.10. The van der Waals surface area contributed by atoms with Crippen LogP contribution in [0.2, 0.25) is 0 Å². The number of sulfonamides is 1. The summed E-state index contributed by atoms with van der Waals surface area (Å²) in [5.41, 5.74) is -0.403. The Morgan fingerprint density at radius 3 is 2.38 bits per heavy atom.